The lowest BCUT2D eigenvalue weighted by Crippen LogP contribution is -2.25. The normalized spacial score (nSPS) is 10.5. The van der Waals surface area contributed by atoms with Crippen LogP contribution in [-0.4, -0.2) is 24.0 Å². The molecule has 0 fully saturated rings. The quantitative estimate of drug-likeness (QED) is 0.429. The molecule has 4 rings (SSSR count). The van der Waals surface area contributed by atoms with E-state index in [0.717, 1.165) is 27.4 Å². The van der Waals surface area contributed by atoms with Crippen molar-refractivity contribution in [3.63, 3.8) is 0 Å². The Hall–Kier alpha value is -3.77. The Balaban J connectivity index is 1.48. The molecule has 0 radical (unpaired) electrons. The topological polar surface area (TPSA) is 68.3 Å². The van der Waals surface area contributed by atoms with Crippen LogP contribution in [0.2, 0.25) is 0 Å². The fraction of sp³-hybridized carbons (Fsp3) is 0.0800. The van der Waals surface area contributed by atoms with Crippen LogP contribution in [0.3, 0.4) is 0 Å². The van der Waals surface area contributed by atoms with Gasteiger partial charge in [-0.3, -0.25) is 4.79 Å². The van der Waals surface area contributed by atoms with E-state index in [-0.39, 0.29) is 17.0 Å². The van der Waals surface area contributed by atoms with E-state index in [4.69, 9.17) is 9.72 Å². The number of nitrogens with zero attached hydrogens (tertiary/aromatic N) is 1. The average Bonchev–Trinajstić information content (AvgIpc) is 3.33. The van der Waals surface area contributed by atoms with E-state index < -0.39 is 5.97 Å². The molecule has 1 heterocycles. The molecule has 0 saturated carbocycles. The van der Waals surface area contributed by atoms with Crippen molar-refractivity contribution in [2.75, 3.05) is 7.11 Å². The molecule has 0 saturated heterocycles. The Kier molecular flexibility index (Phi) is 6.19. The zero-order chi connectivity index (χ0) is 21.6. The average molecular weight is 429 g/mol. The molecule has 0 bridgehead atoms. The predicted octanol–water partition coefficient (Wildman–Crippen LogP) is 5.19. The summed E-state index contributed by atoms with van der Waals surface area (Å²) in [5, 5.41) is 5.84. The molecule has 154 valence electrons. The fourth-order valence-electron chi connectivity index (χ4n) is 3.21. The first-order chi connectivity index (χ1) is 15.2. The number of nitrogens with one attached hydrogen (secondary N) is 1. The lowest BCUT2D eigenvalue weighted by molar-refractivity contribution is 0.0596. The maximum atomic E-state index is 12.6. The molecule has 0 aliphatic heterocycles. The second kappa shape index (κ2) is 9.36. The maximum Gasteiger partial charge on any atom is 0.338 e. The number of amides is 1. The van der Waals surface area contributed by atoms with Crippen LogP contribution in [0.25, 0.3) is 21.8 Å². The summed E-state index contributed by atoms with van der Waals surface area (Å²) in [5.41, 5.74) is 4.49. The number of methoxy groups -OCH3 is 1. The standard InChI is InChI=1S/C25H20N2O3S/c1-30-25(29)21-13-6-5-12-20(21)23(28)26-15-17-8-7-11-19(14-17)24-27-22(16-31-24)18-9-3-2-4-10-18/h2-14,16H,15H2,1H3,(H,26,28). The van der Waals surface area contributed by atoms with Crippen LogP contribution in [0.5, 0.6) is 0 Å². The van der Waals surface area contributed by atoms with Crippen molar-refractivity contribution in [1.29, 1.82) is 0 Å². The number of aromatic nitrogens is 1. The van der Waals surface area contributed by atoms with Crippen LogP contribution >= 0.6 is 11.3 Å². The zero-order valence-electron chi connectivity index (χ0n) is 16.9. The van der Waals surface area contributed by atoms with Crippen LogP contribution in [0.4, 0.5) is 0 Å². The number of hydrogen-bond donors (Lipinski definition) is 1. The highest BCUT2D eigenvalue weighted by atomic mass is 32.1. The van der Waals surface area contributed by atoms with E-state index in [9.17, 15) is 9.59 Å². The molecular formula is C25H20N2O3S. The van der Waals surface area contributed by atoms with Crippen LogP contribution in [0.1, 0.15) is 26.3 Å². The van der Waals surface area contributed by atoms with E-state index in [0.29, 0.717) is 6.54 Å². The molecule has 0 atom stereocenters. The van der Waals surface area contributed by atoms with E-state index in [2.05, 4.69) is 5.32 Å². The Morgan fingerprint density at radius 1 is 0.903 bits per heavy atom. The summed E-state index contributed by atoms with van der Waals surface area (Å²) in [4.78, 5) is 29.3. The van der Waals surface area contributed by atoms with Gasteiger partial charge < -0.3 is 10.1 Å². The summed E-state index contributed by atoms with van der Waals surface area (Å²) < 4.78 is 4.76. The lowest BCUT2D eigenvalue weighted by atomic mass is 10.1. The van der Waals surface area contributed by atoms with Crippen LogP contribution in [0, 0.1) is 0 Å². The number of hydrogen-bond acceptors (Lipinski definition) is 5. The zero-order valence-corrected chi connectivity index (χ0v) is 17.7. The summed E-state index contributed by atoms with van der Waals surface area (Å²) in [6.45, 7) is 0.332. The number of ether oxygens (including phenoxy) is 1. The summed E-state index contributed by atoms with van der Waals surface area (Å²) >= 11 is 1.59. The van der Waals surface area contributed by atoms with Gasteiger partial charge in [-0.25, -0.2) is 9.78 Å². The largest absolute Gasteiger partial charge is 0.465 e. The Morgan fingerprint density at radius 3 is 2.39 bits per heavy atom. The maximum absolute atomic E-state index is 12.6. The van der Waals surface area contributed by atoms with Crippen LogP contribution < -0.4 is 5.32 Å². The third-order valence-corrected chi connectivity index (χ3v) is 5.67. The van der Waals surface area contributed by atoms with Gasteiger partial charge in [0.25, 0.3) is 5.91 Å². The molecule has 3 aromatic carbocycles. The van der Waals surface area contributed by atoms with Gasteiger partial charge in [0.1, 0.15) is 5.01 Å². The molecule has 1 N–H and O–H groups in total. The van der Waals surface area contributed by atoms with E-state index in [1.54, 1.807) is 35.6 Å². The summed E-state index contributed by atoms with van der Waals surface area (Å²) in [5.74, 6) is -0.863. The van der Waals surface area contributed by atoms with Gasteiger partial charge in [0.05, 0.1) is 23.9 Å². The third-order valence-electron chi connectivity index (χ3n) is 4.78. The molecule has 1 aromatic heterocycles. The summed E-state index contributed by atoms with van der Waals surface area (Å²) in [6.07, 6.45) is 0. The molecule has 0 aliphatic carbocycles. The SMILES string of the molecule is COC(=O)c1ccccc1C(=O)NCc1cccc(-c2nc(-c3ccccc3)cs2)c1. The smallest absolute Gasteiger partial charge is 0.338 e. The van der Waals surface area contributed by atoms with Crippen molar-refractivity contribution in [2.45, 2.75) is 6.54 Å². The van der Waals surface area contributed by atoms with Crippen molar-refractivity contribution in [3.8, 4) is 21.8 Å². The highest BCUT2D eigenvalue weighted by Gasteiger charge is 2.16. The first-order valence-corrected chi connectivity index (χ1v) is 10.6. The highest BCUT2D eigenvalue weighted by Crippen LogP contribution is 2.29. The van der Waals surface area contributed by atoms with Crippen LogP contribution in [0.15, 0.2) is 84.2 Å². The number of benzene rings is 3. The second-order valence-corrected chi connectivity index (χ2v) is 7.68. The molecule has 1 amide bonds. The molecular weight excluding hydrogens is 408 g/mol. The molecule has 31 heavy (non-hydrogen) atoms. The number of carbonyl (C=O) groups is 2. The molecule has 6 heteroatoms. The number of rotatable bonds is 6. The Bertz CT molecular complexity index is 1220. The third kappa shape index (κ3) is 4.70. The van der Waals surface area contributed by atoms with Crippen molar-refractivity contribution in [2.24, 2.45) is 0 Å². The van der Waals surface area contributed by atoms with Gasteiger partial charge in [0.15, 0.2) is 0 Å². The van der Waals surface area contributed by atoms with Gasteiger partial charge in [0, 0.05) is 23.1 Å². The van der Waals surface area contributed by atoms with E-state index in [1.807, 2.05) is 60.0 Å². The molecule has 0 spiro atoms. The number of esters is 1. The lowest BCUT2D eigenvalue weighted by Gasteiger charge is -2.09. The van der Waals surface area contributed by atoms with Gasteiger partial charge >= 0.3 is 5.97 Å². The molecule has 4 aromatic rings. The van der Waals surface area contributed by atoms with E-state index in [1.165, 1.54) is 7.11 Å². The van der Waals surface area contributed by atoms with Gasteiger partial charge in [-0.1, -0.05) is 60.7 Å². The predicted molar refractivity (Wildman–Crippen MR) is 122 cm³/mol. The van der Waals surface area contributed by atoms with Gasteiger partial charge in [-0.05, 0) is 23.8 Å². The van der Waals surface area contributed by atoms with E-state index >= 15 is 0 Å². The minimum absolute atomic E-state index is 0.243. The highest BCUT2D eigenvalue weighted by molar-refractivity contribution is 7.13. The first kappa shape index (κ1) is 20.5. The minimum Gasteiger partial charge on any atom is -0.465 e. The monoisotopic (exact) mass is 428 g/mol. The van der Waals surface area contributed by atoms with Crippen LogP contribution in [-0.2, 0) is 11.3 Å². The van der Waals surface area contributed by atoms with Gasteiger partial charge in [-0.2, -0.15) is 0 Å². The number of thiazole rings is 1. The van der Waals surface area contributed by atoms with Crippen molar-refractivity contribution in [3.05, 3.63) is 101 Å². The second-order valence-electron chi connectivity index (χ2n) is 6.82. The summed E-state index contributed by atoms with van der Waals surface area (Å²) in [6, 6.07) is 24.6. The van der Waals surface area contributed by atoms with Crippen molar-refractivity contribution < 1.29 is 14.3 Å². The van der Waals surface area contributed by atoms with Gasteiger partial charge in [-0.15, -0.1) is 11.3 Å². The van der Waals surface area contributed by atoms with Gasteiger partial charge in [0.2, 0.25) is 0 Å². The number of carbonyl (C=O) groups excluding carboxylic acids is 2. The fourth-order valence-corrected chi connectivity index (χ4v) is 4.03. The Labute approximate surface area is 184 Å². The Morgan fingerprint density at radius 2 is 1.61 bits per heavy atom. The van der Waals surface area contributed by atoms with Crippen molar-refractivity contribution >= 4 is 23.2 Å². The molecule has 0 aliphatic rings. The first-order valence-electron chi connectivity index (χ1n) is 9.71. The van der Waals surface area contributed by atoms with Crippen molar-refractivity contribution in [1.82, 2.24) is 10.3 Å². The summed E-state index contributed by atoms with van der Waals surface area (Å²) in [7, 11) is 1.30. The minimum atomic E-state index is -0.536. The molecule has 0 unspecified atom stereocenters. The molecule has 5 nitrogen and oxygen atoms in total.